The van der Waals surface area contributed by atoms with Crippen molar-refractivity contribution in [1.82, 2.24) is 4.90 Å². The molecule has 1 aliphatic rings. The molecule has 0 spiro atoms. The molecule has 0 aliphatic carbocycles. The largest absolute Gasteiger partial charge is 0.497 e. The summed E-state index contributed by atoms with van der Waals surface area (Å²) in [5.74, 6) is 1.62. The van der Waals surface area contributed by atoms with Gasteiger partial charge in [0, 0.05) is 0 Å². The van der Waals surface area contributed by atoms with Gasteiger partial charge in [-0.25, -0.2) is 0 Å². The van der Waals surface area contributed by atoms with Crippen molar-refractivity contribution in [1.29, 1.82) is 0 Å². The van der Waals surface area contributed by atoms with Crippen molar-refractivity contribution in [2.24, 2.45) is 0 Å². The Kier molecular flexibility index (Phi) is 7.99. The van der Waals surface area contributed by atoms with Gasteiger partial charge >= 0.3 is 0 Å². The van der Waals surface area contributed by atoms with E-state index in [0.717, 1.165) is 54.3 Å². The van der Waals surface area contributed by atoms with Crippen LogP contribution in [0.5, 0.6) is 11.5 Å². The molecule has 0 fully saturated rings. The summed E-state index contributed by atoms with van der Waals surface area (Å²) in [5.41, 5.74) is 3.15. The van der Waals surface area contributed by atoms with Crippen LogP contribution in [0.15, 0.2) is 60.7 Å². The zero-order valence-corrected chi connectivity index (χ0v) is 19.3. The Morgan fingerprint density at radius 1 is 1.19 bits per heavy atom. The van der Waals surface area contributed by atoms with Crippen LogP contribution in [0, 0.1) is 0 Å². The molecule has 0 bridgehead atoms. The third kappa shape index (κ3) is 5.23. The summed E-state index contributed by atoms with van der Waals surface area (Å²) in [6, 6.07) is 15.9. The lowest BCUT2D eigenvalue weighted by Crippen LogP contribution is -2.55. The fourth-order valence-corrected chi connectivity index (χ4v) is 4.41. The summed E-state index contributed by atoms with van der Waals surface area (Å²) in [6.45, 7) is 12.7. The Morgan fingerprint density at radius 3 is 2.48 bits per heavy atom. The first kappa shape index (κ1) is 23.2. The van der Waals surface area contributed by atoms with E-state index < -0.39 is 6.23 Å². The molecular formula is C26H36N2O3. The SMILES string of the molecule is C=C(C)CCC(C(O)N1c2ccccc2OCC1c1ccc(OC)cc1)N(CC)CC. The molecular weight excluding hydrogens is 388 g/mol. The van der Waals surface area contributed by atoms with Crippen molar-refractivity contribution >= 4 is 5.69 Å². The van der Waals surface area contributed by atoms with Crippen LogP contribution in [0.25, 0.3) is 0 Å². The minimum Gasteiger partial charge on any atom is -0.497 e. The number of aliphatic hydroxyl groups excluding tert-OH is 1. The highest BCUT2D eigenvalue weighted by molar-refractivity contribution is 5.62. The van der Waals surface area contributed by atoms with Gasteiger partial charge in [0.1, 0.15) is 24.3 Å². The van der Waals surface area contributed by atoms with E-state index >= 15 is 0 Å². The lowest BCUT2D eigenvalue weighted by Gasteiger charge is -2.46. The first-order chi connectivity index (χ1) is 15.0. The molecule has 1 heterocycles. The van der Waals surface area contributed by atoms with E-state index in [1.54, 1.807) is 7.11 Å². The number of hydrogen-bond acceptors (Lipinski definition) is 5. The number of rotatable bonds is 10. The molecule has 0 saturated carbocycles. The predicted molar refractivity (Wildman–Crippen MR) is 127 cm³/mol. The maximum absolute atomic E-state index is 11.8. The van der Waals surface area contributed by atoms with Crippen molar-refractivity contribution < 1.29 is 14.6 Å². The van der Waals surface area contributed by atoms with Gasteiger partial charge in [-0.15, -0.1) is 6.58 Å². The van der Waals surface area contributed by atoms with E-state index in [9.17, 15) is 5.11 Å². The van der Waals surface area contributed by atoms with Crippen LogP contribution < -0.4 is 14.4 Å². The quantitative estimate of drug-likeness (QED) is 0.543. The maximum Gasteiger partial charge on any atom is 0.143 e. The number of methoxy groups -OCH3 is 1. The molecule has 3 atom stereocenters. The normalized spacial score (nSPS) is 17.6. The van der Waals surface area contributed by atoms with Crippen molar-refractivity contribution in [2.45, 2.75) is 51.9 Å². The highest BCUT2D eigenvalue weighted by Gasteiger charge is 2.38. The lowest BCUT2D eigenvalue weighted by molar-refractivity contribution is 0.0341. The first-order valence-corrected chi connectivity index (χ1v) is 11.2. The molecule has 0 aromatic heterocycles. The molecule has 1 aliphatic heterocycles. The summed E-state index contributed by atoms with van der Waals surface area (Å²) < 4.78 is 11.4. The zero-order valence-electron chi connectivity index (χ0n) is 19.3. The summed E-state index contributed by atoms with van der Waals surface area (Å²) >= 11 is 0. The van der Waals surface area contributed by atoms with Gasteiger partial charge in [0.05, 0.1) is 24.9 Å². The van der Waals surface area contributed by atoms with Gasteiger partial charge in [0.15, 0.2) is 0 Å². The first-order valence-electron chi connectivity index (χ1n) is 11.2. The molecule has 5 heteroatoms. The number of nitrogens with zero attached hydrogens (tertiary/aromatic N) is 2. The Balaban J connectivity index is 2.01. The number of fused-ring (bicyclic) bond motifs is 1. The molecule has 168 valence electrons. The fourth-order valence-electron chi connectivity index (χ4n) is 4.41. The molecule has 2 aromatic rings. The average Bonchev–Trinajstić information content (AvgIpc) is 2.80. The van der Waals surface area contributed by atoms with Crippen LogP contribution in [0.3, 0.4) is 0 Å². The molecule has 31 heavy (non-hydrogen) atoms. The molecule has 3 rings (SSSR count). The summed E-state index contributed by atoms with van der Waals surface area (Å²) in [5, 5.41) is 11.8. The highest BCUT2D eigenvalue weighted by Crippen LogP contribution is 2.41. The van der Waals surface area contributed by atoms with E-state index in [4.69, 9.17) is 9.47 Å². The Morgan fingerprint density at radius 2 is 1.87 bits per heavy atom. The second-order valence-electron chi connectivity index (χ2n) is 8.17. The smallest absolute Gasteiger partial charge is 0.143 e. The highest BCUT2D eigenvalue weighted by atomic mass is 16.5. The number of benzene rings is 2. The van der Waals surface area contributed by atoms with Gasteiger partial charge in [-0.2, -0.15) is 0 Å². The van der Waals surface area contributed by atoms with Crippen LogP contribution in [-0.2, 0) is 0 Å². The van der Waals surface area contributed by atoms with Gasteiger partial charge in [0.25, 0.3) is 0 Å². The van der Waals surface area contributed by atoms with E-state index in [-0.39, 0.29) is 12.1 Å². The minimum atomic E-state index is -0.684. The molecule has 3 unspecified atom stereocenters. The molecule has 2 aromatic carbocycles. The second kappa shape index (κ2) is 10.7. The number of anilines is 1. The molecule has 0 radical (unpaired) electrons. The summed E-state index contributed by atoms with van der Waals surface area (Å²) in [4.78, 5) is 4.48. The van der Waals surface area contributed by atoms with Crippen LogP contribution in [0.4, 0.5) is 5.69 Å². The molecule has 5 nitrogen and oxygen atoms in total. The van der Waals surface area contributed by atoms with E-state index in [1.807, 2.05) is 36.4 Å². The van der Waals surface area contributed by atoms with E-state index in [2.05, 4.69) is 49.3 Å². The van der Waals surface area contributed by atoms with Crippen molar-refractivity contribution in [2.75, 3.05) is 31.7 Å². The Bertz CT molecular complexity index is 848. The predicted octanol–water partition coefficient (Wildman–Crippen LogP) is 5.02. The molecule has 0 saturated heterocycles. The van der Waals surface area contributed by atoms with Gasteiger partial charge in [0.2, 0.25) is 0 Å². The molecule has 0 amide bonds. The fraction of sp³-hybridized carbons (Fsp3) is 0.462. The minimum absolute atomic E-state index is 0.0152. The number of para-hydroxylation sites is 2. The number of hydrogen-bond donors (Lipinski definition) is 1. The maximum atomic E-state index is 11.8. The summed E-state index contributed by atoms with van der Waals surface area (Å²) in [6.07, 6.45) is 1.06. The van der Waals surface area contributed by atoms with Crippen LogP contribution in [0.2, 0.25) is 0 Å². The summed E-state index contributed by atoms with van der Waals surface area (Å²) in [7, 11) is 1.67. The van der Waals surface area contributed by atoms with E-state index in [1.165, 1.54) is 0 Å². The number of likely N-dealkylation sites (N-methyl/N-ethyl adjacent to an activating group) is 1. The second-order valence-corrected chi connectivity index (χ2v) is 8.17. The van der Waals surface area contributed by atoms with Crippen LogP contribution in [-0.4, -0.2) is 49.1 Å². The number of allylic oxidation sites excluding steroid dienone is 1. The Labute approximate surface area is 186 Å². The third-order valence-electron chi connectivity index (χ3n) is 6.15. The molecule has 1 N–H and O–H groups in total. The number of aliphatic hydroxyl groups is 1. The van der Waals surface area contributed by atoms with Crippen molar-refractivity contribution in [3.63, 3.8) is 0 Å². The Hall–Kier alpha value is -2.50. The van der Waals surface area contributed by atoms with E-state index in [0.29, 0.717) is 6.61 Å². The van der Waals surface area contributed by atoms with Gasteiger partial charge in [-0.05, 0) is 62.7 Å². The van der Waals surface area contributed by atoms with Gasteiger partial charge in [-0.1, -0.05) is 43.7 Å². The van der Waals surface area contributed by atoms with Crippen LogP contribution in [0.1, 0.15) is 45.2 Å². The van der Waals surface area contributed by atoms with Crippen molar-refractivity contribution in [3.05, 3.63) is 66.2 Å². The van der Waals surface area contributed by atoms with Crippen LogP contribution >= 0.6 is 0 Å². The van der Waals surface area contributed by atoms with Crippen molar-refractivity contribution in [3.8, 4) is 11.5 Å². The topological polar surface area (TPSA) is 45.2 Å². The monoisotopic (exact) mass is 424 g/mol. The average molecular weight is 425 g/mol. The van der Waals surface area contributed by atoms with Gasteiger partial charge in [-0.3, -0.25) is 4.90 Å². The standard InChI is InChI=1S/C26H36N2O3/c1-6-27(7-2)23(17-12-19(3)4)26(29)28-22-10-8-9-11-25(22)31-18-24(28)20-13-15-21(30-5)16-14-20/h8-11,13-16,23-24,26,29H,3,6-7,12,17-18H2,1-2,4-5H3. The number of ether oxygens (including phenoxy) is 2. The van der Waals surface area contributed by atoms with Gasteiger partial charge < -0.3 is 19.5 Å². The zero-order chi connectivity index (χ0) is 22.4. The third-order valence-corrected chi connectivity index (χ3v) is 6.15. The lowest BCUT2D eigenvalue weighted by atomic mass is 9.98.